The molecule has 0 unspecified atom stereocenters. The maximum Gasteiger partial charge on any atom is 0.573 e. The van der Waals surface area contributed by atoms with Crippen LogP contribution in [0.15, 0.2) is 78.2 Å². The summed E-state index contributed by atoms with van der Waals surface area (Å²) < 4.78 is 41.6. The monoisotopic (exact) mass is 597 g/mol. The van der Waals surface area contributed by atoms with Gasteiger partial charge in [0.15, 0.2) is 5.13 Å². The number of aliphatic carboxylic acids is 1. The summed E-state index contributed by atoms with van der Waals surface area (Å²) in [6, 6.07) is 20.8. The number of nitrogens with zero attached hydrogens (tertiary/aromatic N) is 2. The van der Waals surface area contributed by atoms with Gasteiger partial charge < -0.3 is 20.1 Å². The van der Waals surface area contributed by atoms with Crippen LogP contribution in [0, 0.1) is 0 Å². The van der Waals surface area contributed by atoms with Crippen LogP contribution >= 0.6 is 11.3 Å². The minimum atomic E-state index is -4.76. The Morgan fingerprint density at radius 2 is 1.60 bits per heavy atom. The average Bonchev–Trinajstić information content (AvgIpc) is 3.41. The van der Waals surface area contributed by atoms with Gasteiger partial charge in [-0.15, -0.1) is 24.5 Å². The number of carboxylic acid groups (broad SMARTS) is 1. The zero-order valence-corrected chi connectivity index (χ0v) is 24.1. The molecule has 220 valence electrons. The van der Waals surface area contributed by atoms with Crippen molar-refractivity contribution in [1.29, 1.82) is 0 Å². The van der Waals surface area contributed by atoms with Crippen molar-refractivity contribution in [2.45, 2.75) is 45.5 Å². The van der Waals surface area contributed by atoms with Crippen molar-refractivity contribution in [2.75, 3.05) is 11.4 Å². The third-order valence-electron chi connectivity index (χ3n) is 6.33. The van der Waals surface area contributed by atoms with Gasteiger partial charge in [-0.25, -0.2) is 4.98 Å². The summed E-state index contributed by atoms with van der Waals surface area (Å²) in [6.07, 6.45) is -4.92. The van der Waals surface area contributed by atoms with Gasteiger partial charge in [0.2, 0.25) is 0 Å². The fourth-order valence-corrected chi connectivity index (χ4v) is 4.94. The molecule has 0 aliphatic carbocycles. The summed E-state index contributed by atoms with van der Waals surface area (Å²) >= 11 is 1.40. The van der Waals surface area contributed by atoms with E-state index in [1.54, 1.807) is 12.1 Å². The number of nitrogens with one attached hydrogen (secondary N) is 1. The highest BCUT2D eigenvalue weighted by molar-refractivity contribution is 7.14. The van der Waals surface area contributed by atoms with Gasteiger partial charge in [0.05, 0.1) is 18.7 Å². The number of carbonyl (C=O) groups is 2. The van der Waals surface area contributed by atoms with E-state index in [9.17, 15) is 22.8 Å². The second kappa shape index (κ2) is 12.6. The number of alkyl halides is 3. The van der Waals surface area contributed by atoms with E-state index in [0.29, 0.717) is 28.5 Å². The highest BCUT2D eigenvalue weighted by Crippen LogP contribution is 2.35. The van der Waals surface area contributed by atoms with Crippen LogP contribution in [0.25, 0.3) is 11.3 Å². The van der Waals surface area contributed by atoms with Crippen LogP contribution in [-0.2, 0) is 16.8 Å². The highest BCUT2D eigenvalue weighted by atomic mass is 32.1. The Labute approximate surface area is 245 Å². The summed E-state index contributed by atoms with van der Waals surface area (Å²) in [6.45, 7) is 6.88. The fraction of sp³-hybridized carbons (Fsp3) is 0.258. The summed E-state index contributed by atoms with van der Waals surface area (Å²) in [5.74, 6) is -1.64. The molecule has 7 nitrogen and oxygen atoms in total. The number of anilines is 2. The molecule has 0 aliphatic heterocycles. The standard InChI is InChI=1S/C31H30F3N3O4S/c1-30(2,3)23-10-12-24(13-11-23)37(18-20-4-6-22(7-5-20)28(40)35-17-16-27(38)39)29-36-26(19-42-29)21-8-14-25(15-9-21)41-31(32,33)34/h4-15,19H,16-18H2,1-3H3,(H,35,40)(H,38,39). The number of rotatable bonds is 10. The van der Waals surface area contributed by atoms with Crippen molar-refractivity contribution < 1.29 is 32.6 Å². The van der Waals surface area contributed by atoms with Gasteiger partial charge in [-0.2, -0.15) is 0 Å². The van der Waals surface area contributed by atoms with Crippen molar-refractivity contribution in [1.82, 2.24) is 10.3 Å². The van der Waals surface area contributed by atoms with Gasteiger partial charge in [0.1, 0.15) is 5.75 Å². The molecule has 4 aromatic rings. The van der Waals surface area contributed by atoms with E-state index in [4.69, 9.17) is 10.1 Å². The first-order chi connectivity index (χ1) is 19.8. The molecule has 0 aliphatic rings. The summed E-state index contributed by atoms with van der Waals surface area (Å²) in [7, 11) is 0. The van der Waals surface area contributed by atoms with Crippen molar-refractivity contribution in [3.8, 4) is 17.0 Å². The van der Waals surface area contributed by atoms with E-state index in [2.05, 4.69) is 43.0 Å². The molecule has 3 aromatic carbocycles. The van der Waals surface area contributed by atoms with Crippen LogP contribution in [0.5, 0.6) is 5.75 Å². The molecule has 1 amide bonds. The normalized spacial score (nSPS) is 11.7. The molecule has 4 rings (SSSR count). The molecule has 0 bridgehead atoms. The third kappa shape index (κ3) is 8.32. The largest absolute Gasteiger partial charge is 0.573 e. The number of aromatic nitrogens is 1. The topological polar surface area (TPSA) is 91.8 Å². The third-order valence-corrected chi connectivity index (χ3v) is 7.20. The van der Waals surface area contributed by atoms with Crippen molar-refractivity contribution in [2.24, 2.45) is 0 Å². The first-order valence-electron chi connectivity index (χ1n) is 13.1. The molecule has 11 heteroatoms. The molecule has 0 saturated carbocycles. The second-order valence-corrected chi connectivity index (χ2v) is 11.4. The van der Waals surface area contributed by atoms with E-state index in [0.717, 1.165) is 11.3 Å². The number of amides is 1. The fourth-order valence-electron chi connectivity index (χ4n) is 4.09. The number of ether oxygens (including phenoxy) is 1. The van der Waals surface area contributed by atoms with Crippen molar-refractivity contribution in [3.05, 3.63) is 94.9 Å². The quantitative estimate of drug-likeness (QED) is 0.196. The summed E-state index contributed by atoms with van der Waals surface area (Å²) in [5, 5.41) is 13.9. The van der Waals surface area contributed by atoms with E-state index in [-0.39, 0.29) is 30.0 Å². The first kappa shape index (κ1) is 30.6. The number of thiazole rings is 1. The molecule has 0 fully saturated rings. The summed E-state index contributed by atoms with van der Waals surface area (Å²) in [4.78, 5) is 29.9. The Bertz CT molecular complexity index is 1510. The number of hydrogen-bond donors (Lipinski definition) is 2. The highest BCUT2D eigenvalue weighted by Gasteiger charge is 2.31. The number of carboxylic acids is 1. The van der Waals surface area contributed by atoms with Crippen LogP contribution in [0.2, 0.25) is 0 Å². The van der Waals surface area contributed by atoms with E-state index < -0.39 is 12.3 Å². The van der Waals surface area contributed by atoms with Gasteiger partial charge >= 0.3 is 12.3 Å². The lowest BCUT2D eigenvalue weighted by molar-refractivity contribution is -0.274. The Kier molecular flexibility index (Phi) is 9.20. The van der Waals surface area contributed by atoms with Crippen molar-refractivity contribution >= 4 is 34.0 Å². The van der Waals surface area contributed by atoms with Gasteiger partial charge in [0, 0.05) is 28.7 Å². The molecular weight excluding hydrogens is 567 g/mol. The molecule has 42 heavy (non-hydrogen) atoms. The maximum absolute atomic E-state index is 12.5. The lowest BCUT2D eigenvalue weighted by atomic mass is 9.87. The van der Waals surface area contributed by atoms with Gasteiger partial charge in [-0.3, -0.25) is 9.59 Å². The molecular formula is C31H30F3N3O4S. The minimum absolute atomic E-state index is 0.0272. The predicted octanol–water partition coefficient (Wildman–Crippen LogP) is 7.55. The molecule has 1 aromatic heterocycles. The predicted molar refractivity (Wildman–Crippen MR) is 156 cm³/mol. The van der Waals surface area contributed by atoms with Gasteiger partial charge in [0.25, 0.3) is 5.91 Å². The molecule has 0 saturated heterocycles. The number of halogens is 3. The van der Waals surface area contributed by atoms with Crippen LogP contribution in [0.4, 0.5) is 24.0 Å². The molecule has 0 atom stereocenters. The van der Waals surface area contributed by atoms with E-state index in [1.807, 2.05) is 34.5 Å². The Balaban J connectivity index is 1.58. The Hall–Kier alpha value is -4.38. The van der Waals surface area contributed by atoms with Crippen molar-refractivity contribution in [3.63, 3.8) is 0 Å². The second-order valence-electron chi connectivity index (χ2n) is 10.6. The lowest BCUT2D eigenvalue weighted by Gasteiger charge is -2.24. The summed E-state index contributed by atoms with van der Waals surface area (Å²) in [5.41, 5.74) is 4.62. The smallest absolute Gasteiger partial charge is 0.481 e. The maximum atomic E-state index is 12.5. The molecule has 2 N–H and O–H groups in total. The Morgan fingerprint density at radius 3 is 2.17 bits per heavy atom. The van der Waals surface area contributed by atoms with Crippen LogP contribution in [0.3, 0.4) is 0 Å². The van der Waals surface area contributed by atoms with Crippen LogP contribution < -0.4 is 15.0 Å². The van der Waals surface area contributed by atoms with Gasteiger partial charge in [-0.1, -0.05) is 45.0 Å². The molecule has 1 heterocycles. The van der Waals surface area contributed by atoms with E-state index >= 15 is 0 Å². The Morgan fingerprint density at radius 1 is 0.952 bits per heavy atom. The SMILES string of the molecule is CC(C)(C)c1ccc(N(Cc2ccc(C(=O)NCCC(=O)O)cc2)c2nc(-c3ccc(OC(F)(F)F)cc3)cs2)cc1. The lowest BCUT2D eigenvalue weighted by Crippen LogP contribution is -2.26. The molecule has 0 spiro atoms. The average molecular weight is 598 g/mol. The van der Waals surface area contributed by atoms with Gasteiger partial charge in [-0.05, 0) is 65.1 Å². The first-order valence-corrected chi connectivity index (χ1v) is 14.0. The zero-order chi connectivity index (χ0) is 30.5. The minimum Gasteiger partial charge on any atom is -0.481 e. The molecule has 0 radical (unpaired) electrons. The van der Waals surface area contributed by atoms with Crippen LogP contribution in [0.1, 0.15) is 48.7 Å². The number of hydrogen-bond acceptors (Lipinski definition) is 6. The van der Waals surface area contributed by atoms with E-state index in [1.165, 1.54) is 41.2 Å². The zero-order valence-electron chi connectivity index (χ0n) is 23.2. The number of carbonyl (C=O) groups excluding carboxylic acids is 1. The van der Waals surface area contributed by atoms with Crippen LogP contribution in [-0.4, -0.2) is 34.9 Å². The number of benzene rings is 3.